The third-order valence-electron chi connectivity index (χ3n) is 7.00. The summed E-state index contributed by atoms with van der Waals surface area (Å²) in [5, 5.41) is 20.4. The molecule has 1 aliphatic carbocycles. The Bertz CT molecular complexity index is 1060. The Kier molecular flexibility index (Phi) is 5.38. The highest BCUT2D eigenvalue weighted by molar-refractivity contribution is 5.94. The minimum absolute atomic E-state index is 0.0356. The number of ether oxygens (including phenoxy) is 1. The number of benzene rings is 2. The number of hydrogen-bond acceptors (Lipinski definition) is 7. The molecule has 174 valence electrons. The third-order valence-corrected chi connectivity index (χ3v) is 7.00. The fourth-order valence-electron chi connectivity index (χ4n) is 5.37. The summed E-state index contributed by atoms with van der Waals surface area (Å²) in [6, 6.07) is 10.5. The molecule has 9 heteroatoms. The number of amides is 2. The van der Waals surface area contributed by atoms with Crippen LogP contribution in [0.4, 0.5) is 10.5 Å². The van der Waals surface area contributed by atoms with E-state index in [9.17, 15) is 19.8 Å². The molecule has 2 aliphatic heterocycles. The first-order valence-corrected chi connectivity index (χ1v) is 11.2. The molecule has 1 unspecified atom stereocenters. The van der Waals surface area contributed by atoms with Gasteiger partial charge in [-0.15, -0.1) is 0 Å². The first-order valence-electron chi connectivity index (χ1n) is 11.2. The summed E-state index contributed by atoms with van der Waals surface area (Å²) in [4.78, 5) is 26.9. The number of carbonyl (C=O) groups is 2. The van der Waals surface area contributed by atoms with Crippen LogP contribution in [0.2, 0.25) is 0 Å². The summed E-state index contributed by atoms with van der Waals surface area (Å²) < 4.78 is 5.03. The van der Waals surface area contributed by atoms with Gasteiger partial charge in [0, 0.05) is 42.4 Å². The van der Waals surface area contributed by atoms with E-state index in [4.69, 9.17) is 4.74 Å². The van der Waals surface area contributed by atoms with Crippen molar-refractivity contribution >= 4 is 18.2 Å². The van der Waals surface area contributed by atoms with E-state index in [1.807, 2.05) is 31.2 Å². The number of aryl methyl sites for hydroxylation is 1. The van der Waals surface area contributed by atoms with Crippen molar-refractivity contribution in [1.29, 1.82) is 0 Å². The zero-order valence-corrected chi connectivity index (χ0v) is 18.5. The molecule has 2 heterocycles. The highest BCUT2D eigenvalue weighted by atomic mass is 16.5. The lowest BCUT2D eigenvalue weighted by atomic mass is 9.61. The summed E-state index contributed by atoms with van der Waals surface area (Å²) in [5.41, 5.74) is 8.91. The van der Waals surface area contributed by atoms with Crippen molar-refractivity contribution in [2.45, 2.75) is 45.0 Å². The fraction of sp³-hybridized carbons (Fsp3) is 0.417. The van der Waals surface area contributed by atoms with Gasteiger partial charge >= 0.3 is 6.03 Å². The van der Waals surface area contributed by atoms with E-state index in [1.54, 1.807) is 11.0 Å². The summed E-state index contributed by atoms with van der Waals surface area (Å²) in [7, 11) is 0. The van der Waals surface area contributed by atoms with Crippen LogP contribution in [0.3, 0.4) is 0 Å². The minimum Gasteiger partial charge on any atom is -0.508 e. The second kappa shape index (κ2) is 8.24. The predicted octanol–water partition coefficient (Wildman–Crippen LogP) is 2.53. The largest absolute Gasteiger partial charge is 0.508 e. The van der Waals surface area contributed by atoms with Crippen LogP contribution in [-0.2, 0) is 22.5 Å². The third kappa shape index (κ3) is 3.87. The summed E-state index contributed by atoms with van der Waals surface area (Å²) in [6.45, 7) is 5.30. The van der Waals surface area contributed by atoms with Crippen molar-refractivity contribution in [3.05, 3.63) is 53.1 Å². The molecular formula is C24H28N4O5. The van der Waals surface area contributed by atoms with Crippen molar-refractivity contribution in [2.24, 2.45) is 5.41 Å². The van der Waals surface area contributed by atoms with Gasteiger partial charge in [-0.2, -0.15) is 0 Å². The Morgan fingerprint density at radius 2 is 1.88 bits per heavy atom. The van der Waals surface area contributed by atoms with Gasteiger partial charge in [0.05, 0.1) is 0 Å². The highest BCUT2D eigenvalue weighted by Crippen LogP contribution is 2.49. The van der Waals surface area contributed by atoms with Gasteiger partial charge in [0.15, 0.2) is 0 Å². The maximum Gasteiger partial charge on any atom is 0.337 e. The molecule has 1 atom stereocenters. The van der Waals surface area contributed by atoms with E-state index >= 15 is 0 Å². The molecule has 2 aromatic carbocycles. The van der Waals surface area contributed by atoms with Gasteiger partial charge in [-0.1, -0.05) is 19.1 Å². The van der Waals surface area contributed by atoms with Crippen LogP contribution in [0.25, 0.3) is 0 Å². The number of phenolic OH excluding ortho intramolecular Hbond substituents is 2. The lowest BCUT2D eigenvalue weighted by Crippen LogP contribution is -2.63. The fourth-order valence-corrected chi connectivity index (χ4v) is 5.37. The van der Waals surface area contributed by atoms with Gasteiger partial charge in [-0.05, 0) is 48.6 Å². The molecular weight excluding hydrogens is 424 g/mol. The number of nitrogens with one attached hydrogen (secondary N) is 2. The highest BCUT2D eigenvalue weighted by Gasteiger charge is 2.53. The SMILES string of the molecule is CCc1cc(C2NNC(=O)N2c2ccc(CN3CC4(CC(OC=O)C4)C3)cc2)c(O)cc1O. The molecule has 1 spiro atoms. The lowest BCUT2D eigenvalue weighted by molar-refractivity contribution is -0.165. The molecule has 2 saturated heterocycles. The second-order valence-corrected chi connectivity index (χ2v) is 9.31. The average Bonchev–Trinajstić information content (AvgIpc) is 3.12. The van der Waals surface area contributed by atoms with Crippen molar-refractivity contribution in [3.63, 3.8) is 0 Å². The van der Waals surface area contributed by atoms with Gasteiger partial charge in [-0.25, -0.2) is 10.2 Å². The summed E-state index contributed by atoms with van der Waals surface area (Å²) in [6.07, 6.45) is 1.97. The van der Waals surface area contributed by atoms with Crippen LogP contribution in [0.15, 0.2) is 36.4 Å². The molecule has 33 heavy (non-hydrogen) atoms. The second-order valence-electron chi connectivity index (χ2n) is 9.31. The van der Waals surface area contributed by atoms with E-state index in [2.05, 4.69) is 15.8 Å². The molecule has 4 N–H and O–H groups in total. The quantitative estimate of drug-likeness (QED) is 0.477. The molecule has 3 aliphatic rings. The number of nitrogens with zero attached hydrogens (tertiary/aromatic N) is 2. The van der Waals surface area contributed by atoms with Crippen LogP contribution in [-0.4, -0.2) is 46.8 Å². The van der Waals surface area contributed by atoms with E-state index < -0.39 is 6.17 Å². The Balaban J connectivity index is 1.26. The van der Waals surface area contributed by atoms with Gasteiger partial charge < -0.3 is 14.9 Å². The van der Waals surface area contributed by atoms with E-state index in [0.717, 1.165) is 38.0 Å². The first kappa shape index (κ1) is 21.5. The molecule has 1 saturated carbocycles. The first-order chi connectivity index (χ1) is 15.9. The number of phenols is 2. The van der Waals surface area contributed by atoms with Gasteiger partial charge in [0.25, 0.3) is 6.47 Å². The number of rotatable bonds is 7. The van der Waals surface area contributed by atoms with Gasteiger partial charge in [0.2, 0.25) is 0 Å². The van der Waals surface area contributed by atoms with Crippen LogP contribution >= 0.6 is 0 Å². The van der Waals surface area contributed by atoms with E-state index in [-0.39, 0.29) is 23.6 Å². The van der Waals surface area contributed by atoms with Crippen LogP contribution in [0.1, 0.15) is 42.6 Å². The summed E-state index contributed by atoms with van der Waals surface area (Å²) in [5.74, 6) is -0.0443. The Morgan fingerprint density at radius 3 is 2.55 bits per heavy atom. The van der Waals surface area contributed by atoms with Crippen LogP contribution in [0.5, 0.6) is 11.5 Å². The predicted molar refractivity (Wildman–Crippen MR) is 120 cm³/mol. The monoisotopic (exact) mass is 452 g/mol. The lowest BCUT2D eigenvalue weighted by Gasteiger charge is -2.58. The van der Waals surface area contributed by atoms with Gasteiger partial charge in [-0.3, -0.25) is 20.0 Å². The standard InChI is InChI=1S/C24H28N4O5/c1-2-16-7-19(21(31)8-20(16)30)22-25-26-23(32)28(22)17-5-3-15(4-6-17)11-27-12-24(13-27)9-18(10-24)33-14-29/h3-8,14,18,22,25,30-31H,2,9-13H2,1H3,(H,26,32). The number of hydrogen-bond donors (Lipinski definition) is 4. The zero-order chi connectivity index (χ0) is 23.2. The molecule has 5 rings (SSSR count). The zero-order valence-electron chi connectivity index (χ0n) is 18.5. The maximum absolute atomic E-state index is 12.6. The molecule has 2 amide bonds. The number of urea groups is 1. The smallest absolute Gasteiger partial charge is 0.337 e. The molecule has 9 nitrogen and oxygen atoms in total. The molecule has 0 bridgehead atoms. The number of hydrazine groups is 1. The molecule has 2 aromatic rings. The van der Waals surface area contributed by atoms with Crippen molar-refractivity contribution in [1.82, 2.24) is 15.8 Å². The number of aromatic hydroxyl groups is 2. The topological polar surface area (TPSA) is 114 Å². The van der Waals surface area contributed by atoms with Crippen molar-refractivity contribution < 1.29 is 24.5 Å². The Labute approximate surface area is 191 Å². The van der Waals surface area contributed by atoms with Crippen molar-refractivity contribution in [3.8, 4) is 11.5 Å². The van der Waals surface area contributed by atoms with Crippen LogP contribution < -0.4 is 15.8 Å². The van der Waals surface area contributed by atoms with Crippen molar-refractivity contribution in [2.75, 3.05) is 18.0 Å². The number of anilines is 1. The Hall–Kier alpha value is -3.30. The molecule has 0 aromatic heterocycles. The normalized spacial score (nSPS) is 22.0. The van der Waals surface area contributed by atoms with E-state index in [0.29, 0.717) is 35.1 Å². The summed E-state index contributed by atoms with van der Waals surface area (Å²) >= 11 is 0. The van der Waals surface area contributed by atoms with E-state index in [1.165, 1.54) is 6.07 Å². The van der Waals surface area contributed by atoms with Gasteiger partial charge in [0.1, 0.15) is 23.8 Å². The molecule has 3 fully saturated rings. The maximum atomic E-state index is 12.6. The minimum atomic E-state index is -0.607. The number of likely N-dealkylation sites (tertiary alicyclic amines) is 1. The number of carbonyl (C=O) groups excluding carboxylic acids is 2. The average molecular weight is 453 g/mol. The Morgan fingerprint density at radius 1 is 1.15 bits per heavy atom. The molecule has 0 radical (unpaired) electrons. The van der Waals surface area contributed by atoms with Crippen LogP contribution in [0, 0.1) is 5.41 Å².